The third-order valence-corrected chi connectivity index (χ3v) is 23.0. The summed E-state index contributed by atoms with van der Waals surface area (Å²) in [6.45, 7) is 0. The lowest BCUT2D eigenvalue weighted by Crippen LogP contribution is -1.98. The van der Waals surface area contributed by atoms with E-state index in [0.717, 1.165) is 199 Å². The Hall–Kier alpha value is -14.9. The molecule has 8 heteroatoms. The molecule has 0 atom stereocenters. The van der Waals surface area contributed by atoms with E-state index in [1.54, 1.807) is 0 Å². The van der Waals surface area contributed by atoms with Crippen molar-refractivity contribution in [1.29, 1.82) is 0 Å². The molecule has 17 aromatic carbocycles. The van der Waals surface area contributed by atoms with Crippen molar-refractivity contribution in [3.05, 3.63) is 358 Å². The zero-order valence-corrected chi connectivity index (χ0v) is 59.0. The maximum atomic E-state index is 6.40. The molecule has 110 heavy (non-hydrogen) atoms. The van der Waals surface area contributed by atoms with Crippen molar-refractivity contribution in [2.75, 3.05) is 0 Å². The summed E-state index contributed by atoms with van der Waals surface area (Å²) in [4.78, 5) is 11.2. The minimum absolute atomic E-state index is 0.645. The molecule has 24 aromatic rings. The number of benzene rings is 17. The van der Waals surface area contributed by atoms with Gasteiger partial charge in [0.1, 0.15) is 33.5 Å². The zero-order chi connectivity index (χ0) is 71.8. The van der Waals surface area contributed by atoms with Gasteiger partial charge in [-0.1, -0.05) is 194 Å². The molecule has 0 aliphatic rings. The normalized spacial score (nSPS) is 12.2. The monoisotopic (exact) mass is 1400 g/mol. The number of hydrogen-bond donors (Lipinski definition) is 0. The van der Waals surface area contributed by atoms with Crippen LogP contribution < -0.4 is 0 Å². The van der Waals surface area contributed by atoms with Gasteiger partial charge in [0.15, 0.2) is 5.82 Å². The molecule has 24 rings (SSSR count). The summed E-state index contributed by atoms with van der Waals surface area (Å²) in [6, 6.07) is 129. The highest BCUT2D eigenvalue weighted by Gasteiger charge is 2.22. The van der Waals surface area contributed by atoms with Gasteiger partial charge < -0.3 is 27.0 Å². The van der Waals surface area contributed by atoms with Gasteiger partial charge in [-0.15, -0.1) is 0 Å². The fraction of sp³-hybridized carbons (Fsp3) is 0. The number of aromatic nitrogens is 5. The van der Waals surface area contributed by atoms with Gasteiger partial charge in [0.2, 0.25) is 0 Å². The van der Waals surface area contributed by atoms with Crippen LogP contribution in [0.5, 0.6) is 0 Å². The highest BCUT2D eigenvalue weighted by Crippen LogP contribution is 2.44. The molecular formula is C102H59N5O3. The van der Waals surface area contributed by atoms with Crippen molar-refractivity contribution < 1.29 is 13.3 Å². The lowest BCUT2D eigenvalue weighted by molar-refractivity contribution is 0.668. The SMILES string of the molecule is c1cc(-c2ccc3nc(-c4ccc5cc(-n6c7ccccc7c7cc(-c8ccc9c(c8)oc8ccccc89)ccc76)ccc5c4)nc(-c4cccc(-n5c6ccccc6c6cc(-c7ccc8c(c7)oc7ccccc78)ccc65)c4)c3c2)cc(-n2c3ccccc3c3cc(-c4ccc5c(c4)oc4ccccc45)ccc32)c1. The fourth-order valence-corrected chi connectivity index (χ4v) is 17.8. The summed E-state index contributed by atoms with van der Waals surface area (Å²) in [5, 5.41) is 17.0. The zero-order valence-electron chi connectivity index (χ0n) is 59.0. The van der Waals surface area contributed by atoms with E-state index in [4.69, 9.17) is 23.2 Å². The first kappa shape index (κ1) is 60.4. The standard InChI is InChI=1S/C102H59N5O3/c1-7-25-89-75(19-1)84-53-64(67-34-42-81-78-22-4-10-28-95(78)108-98(81)57-67)38-46-92(84)105(89)72-17-13-15-60(50-72)63-37-45-88-87(56-63)101(70-16-14-18-73(52-70)106-90-26-8-2-20-76(90)85-54-65(39-47-93(85)106)68-35-43-82-79-23-5-11-29-96(79)109-99(82)58-68)104-102(103-88)71-32-31-62-51-74(41-33-61(62)49-71)107-91-27-9-3-21-77(91)86-55-66(40-48-94(86)107)69-36-44-83-80-24-6-12-30-97(80)110-100(83)59-69/h1-59H. The van der Waals surface area contributed by atoms with Crippen LogP contribution >= 0.6 is 0 Å². The maximum absolute atomic E-state index is 6.40. The first-order valence-electron chi connectivity index (χ1n) is 37.4. The maximum Gasteiger partial charge on any atom is 0.160 e. The average Bonchev–Trinajstić information content (AvgIpc) is 1.57. The van der Waals surface area contributed by atoms with Gasteiger partial charge in [-0.05, 0) is 219 Å². The van der Waals surface area contributed by atoms with Crippen molar-refractivity contribution in [2.45, 2.75) is 0 Å². The number of furan rings is 3. The minimum Gasteiger partial charge on any atom is -0.456 e. The summed E-state index contributed by atoms with van der Waals surface area (Å²) in [5.74, 6) is 0.645. The second kappa shape index (κ2) is 23.3. The Morgan fingerprint density at radius 1 is 0.182 bits per heavy atom. The van der Waals surface area contributed by atoms with Crippen LogP contribution in [-0.2, 0) is 0 Å². The van der Waals surface area contributed by atoms with Gasteiger partial charge in [-0.3, -0.25) is 0 Å². The predicted octanol–water partition coefficient (Wildman–Crippen LogP) is 27.8. The van der Waals surface area contributed by atoms with Crippen molar-refractivity contribution in [2.24, 2.45) is 0 Å². The van der Waals surface area contributed by atoms with Crippen molar-refractivity contribution in [3.8, 4) is 84.2 Å². The van der Waals surface area contributed by atoms with Gasteiger partial charge >= 0.3 is 0 Å². The summed E-state index contributed by atoms with van der Waals surface area (Å²) in [5.41, 5.74) is 27.7. The fourth-order valence-electron chi connectivity index (χ4n) is 17.8. The first-order valence-corrected chi connectivity index (χ1v) is 37.4. The molecule has 0 spiro atoms. The summed E-state index contributed by atoms with van der Waals surface area (Å²) >= 11 is 0. The van der Waals surface area contributed by atoms with Crippen LogP contribution in [0, 0.1) is 0 Å². The Morgan fingerprint density at radius 3 is 1.00 bits per heavy atom. The van der Waals surface area contributed by atoms with Crippen LogP contribution in [0.2, 0.25) is 0 Å². The second-order valence-electron chi connectivity index (χ2n) is 29.2. The molecule has 0 aliphatic carbocycles. The first-order chi connectivity index (χ1) is 54.4. The molecular weight excluding hydrogens is 1340 g/mol. The molecule has 0 saturated heterocycles. The van der Waals surface area contributed by atoms with E-state index in [2.05, 4.69) is 335 Å². The van der Waals surface area contributed by atoms with Crippen LogP contribution in [0.25, 0.3) is 237 Å². The van der Waals surface area contributed by atoms with Crippen LogP contribution in [-0.4, -0.2) is 23.7 Å². The van der Waals surface area contributed by atoms with Crippen molar-refractivity contribution in [3.63, 3.8) is 0 Å². The second-order valence-corrected chi connectivity index (χ2v) is 29.2. The van der Waals surface area contributed by atoms with Crippen LogP contribution in [0.3, 0.4) is 0 Å². The van der Waals surface area contributed by atoms with Crippen LogP contribution in [0.15, 0.2) is 371 Å². The van der Waals surface area contributed by atoms with E-state index < -0.39 is 0 Å². The third kappa shape index (κ3) is 9.27. The van der Waals surface area contributed by atoms with Crippen molar-refractivity contribution in [1.82, 2.24) is 23.7 Å². The molecule has 0 bridgehead atoms. The summed E-state index contributed by atoms with van der Waals surface area (Å²) in [7, 11) is 0. The Labute approximate surface area is 628 Å². The van der Waals surface area contributed by atoms with Crippen LogP contribution in [0.1, 0.15) is 0 Å². The molecule has 0 fully saturated rings. The van der Waals surface area contributed by atoms with E-state index >= 15 is 0 Å². The number of rotatable bonds is 9. The molecule has 7 aromatic heterocycles. The van der Waals surface area contributed by atoms with Crippen LogP contribution in [0.4, 0.5) is 0 Å². The minimum atomic E-state index is 0.645. The Bertz CT molecular complexity index is 8070. The average molecular weight is 1400 g/mol. The smallest absolute Gasteiger partial charge is 0.160 e. The van der Waals surface area contributed by atoms with E-state index in [1.807, 2.05) is 36.4 Å². The van der Waals surface area contributed by atoms with E-state index in [1.165, 1.54) is 32.3 Å². The molecule has 510 valence electrons. The van der Waals surface area contributed by atoms with E-state index in [9.17, 15) is 0 Å². The van der Waals surface area contributed by atoms with Crippen molar-refractivity contribution >= 4 is 153 Å². The molecule has 0 saturated carbocycles. The molecule has 7 heterocycles. The molecule has 0 unspecified atom stereocenters. The number of nitrogens with zero attached hydrogens (tertiary/aromatic N) is 5. The van der Waals surface area contributed by atoms with Gasteiger partial charge in [-0.25, -0.2) is 9.97 Å². The number of hydrogen-bond acceptors (Lipinski definition) is 5. The summed E-state index contributed by atoms with van der Waals surface area (Å²) in [6.07, 6.45) is 0. The van der Waals surface area contributed by atoms with E-state index in [0.29, 0.717) is 5.82 Å². The van der Waals surface area contributed by atoms with Gasteiger partial charge in [0, 0.05) is 98.2 Å². The largest absolute Gasteiger partial charge is 0.456 e. The third-order valence-electron chi connectivity index (χ3n) is 23.0. The summed E-state index contributed by atoms with van der Waals surface area (Å²) < 4.78 is 26.3. The molecule has 8 nitrogen and oxygen atoms in total. The molecule has 0 N–H and O–H groups in total. The lowest BCUT2D eigenvalue weighted by Gasteiger charge is -2.15. The number of fused-ring (bicyclic) bond motifs is 20. The molecule has 0 aliphatic heterocycles. The van der Waals surface area contributed by atoms with Gasteiger partial charge in [0.05, 0.1) is 44.3 Å². The quantitative estimate of drug-likeness (QED) is 0.144. The molecule has 0 radical (unpaired) electrons. The lowest BCUT2D eigenvalue weighted by atomic mass is 9.99. The highest BCUT2D eigenvalue weighted by atomic mass is 16.3. The highest BCUT2D eigenvalue weighted by molar-refractivity contribution is 6.15. The topological polar surface area (TPSA) is 80.0 Å². The van der Waals surface area contributed by atoms with E-state index in [-0.39, 0.29) is 0 Å². The van der Waals surface area contributed by atoms with Gasteiger partial charge in [0.25, 0.3) is 0 Å². The Balaban J connectivity index is 0.625. The number of para-hydroxylation sites is 6. The predicted molar refractivity (Wildman–Crippen MR) is 455 cm³/mol. The van der Waals surface area contributed by atoms with Gasteiger partial charge in [-0.2, -0.15) is 0 Å². The molecule has 0 amide bonds. The Kier molecular flexibility index (Phi) is 12.8. The Morgan fingerprint density at radius 2 is 0.518 bits per heavy atom.